The topological polar surface area (TPSA) is 149 Å². The fourth-order valence-electron chi connectivity index (χ4n) is 4.73. The molecule has 3 N–H and O–H groups in total. The first-order valence-electron chi connectivity index (χ1n) is 13.7. The monoisotopic (exact) mass is 634 g/mol. The molecule has 1 saturated heterocycles. The molecule has 0 aromatic heterocycles. The molecule has 44 heavy (non-hydrogen) atoms. The highest BCUT2D eigenvalue weighted by Crippen LogP contribution is 2.36. The second-order valence-electron chi connectivity index (χ2n) is 10.0. The SMILES string of the molecule is CCOCC1N(C)C(=O)C2=C(OCc3ccccc3)C(=O)C(C(=O)NCc3ccc(F)cc3F)=CCN2N1CCP(=O)(O)O. The Labute approximate surface area is 252 Å². The lowest BCUT2D eigenvalue weighted by Gasteiger charge is -2.49. The van der Waals surface area contributed by atoms with E-state index in [2.05, 4.69) is 5.32 Å². The van der Waals surface area contributed by atoms with Crippen LogP contribution >= 0.6 is 7.60 Å². The van der Waals surface area contributed by atoms with Gasteiger partial charge in [0.2, 0.25) is 5.78 Å². The molecule has 1 fully saturated rings. The summed E-state index contributed by atoms with van der Waals surface area (Å²) in [4.78, 5) is 61.6. The normalized spacial score (nSPS) is 17.8. The van der Waals surface area contributed by atoms with Crippen molar-refractivity contribution < 1.29 is 47.0 Å². The lowest BCUT2D eigenvalue weighted by Crippen LogP contribution is -2.65. The fraction of sp³-hybridized carbons (Fsp3) is 0.345. The van der Waals surface area contributed by atoms with E-state index in [4.69, 9.17) is 9.47 Å². The molecule has 0 aliphatic carbocycles. The molecule has 0 radical (unpaired) electrons. The van der Waals surface area contributed by atoms with Gasteiger partial charge in [-0.1, -0.05) is 36.4 Å². The average Bonchev–Trinajstić information content (AvgIpc) is 3.12. The van der Waals surface area contributed by atoms with E-state index in [1.165, 1.54) is 28.0 Å². The number of ketones is 1. The fourth-order valence-corrected chi connectivity index (χ4v) is 5.20. The van der Waals surface area contributed by atoms with E-state index < -0.39 is 60.5 Å². The van der Waals surface area contributed by atoms with Crippen molar-refractivity contribution in [3.63, 3.8) is 0 Å². The Bertz CT molecular complexity index is 1510. The van der Waals surface area contributed by atoms with Crippen molar-refractivity contribution in [3.8, 4) is 0 Å². The molecule has 12 nitrogen and oxygen atoms in total. The predicted molar refractivity (Wildman–Crippen MR) is 153 cm³/mol. The quantitative estimate of drug-likeness (QED) is 0.234. The molecule has 1 atom stereocenters. The van der Waals surface area contributed by atoms with Gasteiger partial charge in [0.1, 0.15) is 24.4 Å². The highest BCUT2D eigenvalue weighted by molar-refractivity contribution is 7.51. The van der Waals surface area contributed by atoms with Crippen LogP contribution in [0.4, 0.5) is 8.78 Å². The van der Waals surface area contributed by atoms with Crippen LogP contribution in [0.3, 0.4) is 0 Å². The second kappa shape index (κ2) is 14.2. The third-order valence-corrected chi connectivity index (χ3v) is 7.82. The van der Waals surface area contributed by atoms with E-state index in [-0.39, 0.29) is 44.1 Å². The molecule has 2 aromatic carbocycles. The maximum Gasteiger partial charge on any atom is 0.326 e. The standard InChI is InChI=1S/C29H33F2N4O8P/c1-3-42-18-24-33(2)29(38)25-27(43-17-19-7-5-4-6-8-19)26(36)22(11-12-35(25)34(24)13-14-44(39,40)41)28(37)32-16-20-9-10-21(30)15-23(20)31/h4-11,15,24H,3,12-14,16-18H2,1-2H3,(H,32,37)(H2,39,40,41). The molecule has 1 unspecified atom stereocenters. The number of hydrogen-bond donors (Lipinski definition) is 3. The highest BCUT2D eigenvalue weighted by Gasteiger charge is 2.46. The lowest BCUT2D eigenvalue weighted by atomic mass is 10.1. The molecule has 2 heterocycles. The number of ether oxygens (including phenoxy) is 2. The van der Waals surface area contributed by atoms with Crippen molar-refractivity contribution >= 4 is 25.2 Å². The summed E-state index contributed by atoms with van der Waals surface area (Å²) in [5.41, 5.74) is 0.0202. The smallest absolute Gasteiger partial charge is 0.326 e. The van der Waals surface area contributed by atoms with Crippen molar-refractivity contribution in [1.29, 1.82) is 0 Å². The maximum absolute atomic E-state index is 14.2. The predicted octanol–water partition coefficient (Wildman–Crippen LogP) is 2.05. The van der Waals surface area contributed by atoms with Crippen molar-refractivity contribution in [1.82, 2.24) is 20.2 Å². The number of benzene rings is 2. The van der Waals surface area contributed by atoms with E-state index in [0.717, 1.165) is 12.1 Å². The Kier molecular flexibility index (Phi) is 10.7. The summed E-state index contributed by atoms with van der Waals surface area (Å²) < 4.78 is 50.9. The minimum absolute atomic E-state index is 0.0158. The van der Waals surface area contributed by atoms with Gasteiger partial charge in [0.05, 0.1) is 24.9 Å². The first-order valence-corrected chi connectivity index (χ1v) is 15.5. The Morgan fingerprint density at radius 1 is 1.14 bits per heavy atom. The van der Waals surface area contributed by atoms with Gasteiger partial charge >= 0.3 is 7.60 Å². The van der Waals surface area contributed by atoms with E-state index >= 15 is 0 Å². The highest BCUT2D eigenvalue weighted by atomic mass is 31.2. The number of Topliss-reactive ketones (excluding diaryl/α,β-unsaturated/α-hetero) is 1. The summed E-state index contributed by atoms with van der Waals surface area (Å²) in [7, 11) is -3.03. The molecule has 4 rings (SSSR count). The number of rotatable bonds is 12. The molecule has 15 heteroatoms. The van der Waals surface area contributed by atoms with E-state index in [9.17, 15) is 37.5 Å². The van der Waals surface area contributed by atoms with E-state index in [1.54, 1.807) is 37.3 Å². The van der Waals surface area contributed by atoms with Crippen LogP contribution in [-0.4, -0.2) is 88.0 Å². The molecule has 236 valence electrons. The van der Waals surface area contributed by atoms with E-state index in [1.807, 2.05) is 0 Å². The molecule has 2 aromatic rings. The van der Waals surface area contributed by atoms with E-state index in [0.29, 0.717) is 18.2 Å². The Morgan fingerprint density at radius 2 is 1.86 bits per heavy atom. The zero-order valence-electron chi connectivity index (χ0n) is 24.1. The number of nitrogens with one attached hydrogen (secondary N) is 1. The van der Waals surface area contributed by atoms with Crippen LogP contribution in [0, 0.1) is 11.6 Å². The number of carbonyl (C=O) groups is 3. The number of amides is 2. The van der Waals surface area contributed by atoms with Crippen LogP contribution in [-0.2, 0) is 41.6 Å². The first-order chi connectivity index (χ1) is 20.9. The third-order valence-electron chi connectivity index (χ3n) is 7.03. The number of allylic oxidation sites excluding steroid dienone is 1. The summed E-state index contributed by atoms with van der Waals surface area (Å²) in [5.74, 6) is -4.57. The van der Waals surface area contributed by atoms with Gasteiger partial charge in [-0.15, -0.1) is 0 Å². The molecular formula is C29H33F2N4O8P. The lowest BCUT2D eigenvalue weighted by molar-refractivity contribution is -0.169. The van der Waals surface area contributed by atoms with Gasteiger partial charge in [-0.3, -0.25) is 24.0 Å². The Balaban J connectivity index is 1.74. The van der Waals surface area contributed by atoms with Gasteiger partial charge in [0, 0.05) is 38.4 Å². The molecular weight excluding hydrogens is 601 g/mol. The maximum atomic E-state index is 14.2. The van der Waals surface area contributed by atoms with Crippen molar-refractivity contribution in [2.45, 2.75) is 26.2 Å². The van der Waals surface area contributed by atoms with Gasteiger partial charge in [-0.05, 0) is 24.6 Å². The molecule has 0 spiro atoms. The van der Waals surface area contributed by atoms with Crippen LogP contribution in [0.5, 0.6) is 0 Å². The van der Waals surface area contributed by atoms with Gasteiger partial charge in [-0.2, -0.15) is 5.01 Å². The van der Waals surface area contributed by atoms with Crippen LogP contribution in [0.1, 0.15) is 18.1 Å². The van der Waals surface area contributed by atoms with Crippen molar-refractivity contribution in [3.05, 3.63) is 94.4 Å². The van der Waals surface area contributed by atoms with Crippen LogP contribution in [0.15, 0.2) is 71.6 Å². The molecule has 2 amide bonds. The van der Waals surface area contributed by atoms with Gasteiger partial charge < -0.3 is 29.5 Å². The number of carbonyl (C=O) groups excluding carboxylic acids is 3. The van der Waals surface area contributed by atoms with Gasteiger partial charge in [0.25, 0.3) is 11.8 Å². The largest absolute Gasteiger partial charge is 0.482 e. The number of nitrogens with zero attached hydrogens (tertiary/aromatic N) is 3. The zero-order chi connectivity index (χ0) is 32.0. The Morgan fingerprint density at radius 3 is 2.52 bits per heavy atom. The summed E-state index contributed by atoms with van der Waals surface area (Å²) in [6.07, 6.45) is -0.123. The number of hydrazine groups is 1. The third kappa shape index (κ3) is 7.76. The van der Waals surface area contributed by atoms with Gasteiger partial charge in [-0.25, -0.2) is 8.78 Å². The van der Waals surface area contributed by atoms with Crippen LogP contribution in [0.25, 0.3) is 0 Å². The summed E-state index contributed by atoms with van der Waals surface area (Å²) in [5, 5.41) is 5.31. The Hall–Kier alpha value is -3.94. The minimum Gasteiger partial charge on any atom is -0.482 e. The summed E-state index contributed by atoms with van der Waals surface area (Å²) in [6, 6.07) is 11.6. The number of hydrogen-bond acceptors (Lipinski definition) is 8. The molecule has 2 aliphatic heterocycles. The molecule has 0 bridgehead atoms. The average molecular weight is 635 g/mol. The number of fused-ring (bicyclic) bond motifs is 1. The van der Waals surface area contributed by atoms with Crippen LogP contribution < -0.4 is 5.32 Å². The first kappa shape index (κ1) is 33.0. The summed E-state index contributed by atoms with van der Waals surface area (Å²) >= 11 is 0. The minimum atomic E-state index is -4.49. The molecule has 2 aliphatic rings. The van der Waals surface area contributed by atoms with Gasteiger partial charge in [0.15, 0.2) is 11.5 Å². The number of halogens is 2. The zero-order valence-corrected chi connectivity index (χ0v) is 25.0. The number of likely N-dealkylation sites (N-methyl/N-ethyl adjacent to an activating group) is 1. The second-order valence-corrected chi connectivity index (χ2v) is 11.8. The van der Waals surface area contributed by atoms with Crippen LogP contribution in [0.2, 0.25) is 0 Å². The molecule has 0 saturated carbocycles. The van der Waals surface area contributed by atoms with Crippen molar-refractivity contribution in [2.75, 3.05) is 39.5 Å². The van der Waals surface area contributed by atoms with Crippen molar-refractivity contribution in [2.24, 2.45) is 0 Å². The summed E-state index contributed by atoms with van der Waals surface area (Å²) in [6.45, 7) is 1.08.